The largest absolute Gasteiger partial charge is 0.477 e. The molecule has 1 aromatic carbocycles. The number of carboxylic acid groups (broad SMARTS) is 1. The third-order valence-corrected chi connectivity index (χ3v) is 3.81. The summed E-state index contributed by atoms with van der Waals surface area (Å²) in [6.45, 7) is 1.74. The van der Waals surface area contributed by atoms with E-state index in [1.54, 1.807) is 31.2 Å². The van der Waals surface area contributed by atoms with Gasteiger partial charge >= 0.3 is 11.9 Å². The standard InChI is InChI=1S/C16H14N6O5/c1-8(9-3-5-10(6-4-9)15(26)27-2)17-13(23)11-7-12(14(24)25)22-16(18-11)19-20-21-22/h3-8H,1-2H3,(H,17,23)(H,24,25)/t8-/m0/s1. The highest BCUT2D eigenvalue weighted by atomic mass is 16.5. The molecule has 3 aromatic rings. The van der Waals surface area contributed by atoms with Crippen LogP contribution in [0.4, 0.5) is 0 Å². The Hall–Kier alpha value is -3.89. The van der Waals surface area contributed by atoms with Gasteiger partial charge in [0.05, 0.1) is 18.7 Å². The summed E-state index contributed by atoms with van der Waals surface area (Å²) in [6.07, 6.45) is 0. The highest BCUT2D eigenvalue weighted by Gasteiger charge is 2.19. The lowest BCUT2D eigenvalue weighted by Gasteiger charge is -2.14. The lowest BCUT2D eigenvalue weighted by Crippen LogP contribution is -2.28. The maximum Gasteiger partial charge on any atom is 0.354 e. The third kappa shape index (κ3) is 3.56. The highest BCUT2D eigenvalue weighted by molar-refractivity contribution is 5.96. The van der Waals surface area contributed by atoms with Crippen molar-refractivity contribution in [1.82, 2.24) is 30.3 Å². The van der Waals surface area contributed by atoms with E-state index < -0.39 is 23.9 Å². The molecule has 2 aromatic heterocycles. The molecule has 0 radical (unpaired) electrons. The number of aromatic nitrogens is 5. The fourth-order valence-electron chi connectivity index (χ4n) is 2.39. The molecule has 138 valence electrons. The lowest BCUT2D eigenvalue weighted by atomic mass is 10.1. The van der Waals surface area contributed by atoms with E-state index in [0.717, 1.165) is 16.1 Å². The lowest BCUT2D eigenvalue weighted by molar-refractivity contribution is 0.0599. The molecule has 1 amide bonds. The van der Waals surface area contributed by atoms with Crippen LogP contribution in [-0.2, 0) is 4.74 Å². The van der Waals surface area contributed by atoms with Crippen molar-refractivity contribution < 1.29 is 24.2 Å². The van der Waals surface area contributed by atoms with Crippen molar-refractivity contribution >= 4 is 23.6 Å². The van der Waals surface area contributed by atoms with Crippen LogP contribution in [0.15, 0.2) is 30.3 Å². The van der Waals surface area contributed by atoms with E-state index in [1.165, 1.54) is 7.11 Å². The first-order valence-electron chi connectivity index (χ1n) is 7.72. The number of esters is 1. The van der Waals surface area contributed by atoms with Crippen LogP contribution in [-0.4, -0.2) is 55.1 Å². The molecule has 0 saturated carbocycles. The fraction of sp³-hybridized carbons (Fsp3) is 0.188. The summed E-state index contributed by atoms with van der Waals surface area (Å²) in [5.74, 6) is -2.45. The number of nitrogens with one attached hydrogen (secondary N) is 1. The topological polar surface area (TPSA) is 149 Å². The van der Waals surface area contributed by atoms with Gasteiger partial charge in [0.1, 0.15) is 5.69 Å². The van der Waals surface area contributed by atoms with E-state index in [1.807, 2.05) is 0 Å². The number of methoxy groups -OCH3 is 1. The molecule has 3 rings (SSSR count). The molecule has 0 fully saturated rings. The molecule has 0 saturated heterocycles. The number of carbonyl (C=O) groups is 3. The second-order valence-electron chi connectivity index (χ2n) is 5.53. The number of aromatic carboxylic acids is 1. The van der Waals surface area contributed by atoms with Crippen LogP contribution >= 0.6 is 0 Å². The minimum atomic E-state index is -1.30. The first kappa shape index (κ1) is 17.9. The SMILES string of the molecule is COC(=O)c1ccc([C@H](C)NC(=O)c2cc(C(=O)O)n3nnnc3n2)cc1. The van der Waals surface area contributed by atoms with Gasteiger partial charge in [-0.25, -0.2) is 14.6 Å². The van der Waals surface area contributed by atoms with Crippen molar-refractivity contribution in [1.29, 1.82) is 0 Å². The number of tetrazole rings is 1. The normalized spacial score (nSPS) is 11.8. The summed E-state index contributed by atoms with van der Waals surface area (Å²) in [5.41, 5.74) is 0.704. The van der Waals surface area contributed by atoms with Crippen molar-refractivity contribution in [2.24, 2.45) is 0 Å². The molecule has 2 N–H and O–H groups in total. The van der Waals surface area contributed by atoms with Gasteiger partial charge in [-0.3, -0.25) is 4.79 Å². The molecular weight excluding hydrogens is 356 g/mol. The first-order chi connectivity index (χ1) is 12.9. The Labute approximate surface area is 152 Å². The zero-order valence-corrected chi connectivity index (χ0v) is 14.3. The van der Waals surface area contributed by atoms with Crippen LogP contribution < -0.4 is 5.32 Å². The molecule has 0 aliphatic carbocycles. The van der Waals surface area contributed by atoms with Crippen LogP contribution in [0.5, 0.6) is 0 Å². The quantitative estimate of drug-likeness (QED) is 0.612. The van der Waals surface area contributed by atoms with Gasteiger partial charge in [-0.05, 0) is 35.0 Å². The summed E-state index contributed by atoms with van der Waals surface area (Å²) >= 11 is 0. The molecule has 0 unspecified atom stereocenters. The molecule has 0 aliphatic heterocycles. The molecule has 27 heavy (non-hydrogen) atoms. The number of fused-ring (bicyclic) bond motifs is 1. The molecule has 2 heterocycles. The third-order valence-electron chi connectivity index (χ3n) is 3.81. The van der Waals surface area contributed by atoms with Crippen LogP contribution in [0, 0.1) is 0 Å². The number of amides is 1. The van der Waals surface area contributed by atoms with Gasteiger partial charge < -0.3 is 15.2 Å². The average molecular weight is 370 g/mol. The molecule has 0 aliphatic rings. The zero-order chi connectivity index (χ0) is 19.6. The maximum absolute atomic E-state index is 12.5. The Balaban J connectivity index is 1.81. The second-order valence-corrected chi connectivity index (χ2v) is 5.53. The number of carboxylic acids is 1. The van der Waals surface area contributed by atoms with Crippen molar-refractivity contribution in [2.75, 3.05) is 7.11 Å². The smallest absolute Gasteiger partial charge is 0.354 e. The van der Waals surface area contributed by atoms with E-state index in [9.17, 15) is 19.5 Å². The highest BCUT2D eigenvalue weighted by Crippen LogP contribution is 2.15. The summed E-state index contributed by atoms with van der Waals surface area (Å²) in [6, 6.07) is 7.19. The fourth-order valence-corrected chi connectivity index (χ4v) is 2.39. The van der Waals surface area contributed by atoms with E-state index in [2.05, 4.69) is 30.6 Å². The minimum absolute atomic E-state index is 0.102. The summed E-state index contributed by atoms with van der Waals surface area (Å²) in [4.78, 5) is 39.2. The predicted molar refractivity (Wildman–Crippen MR) is 89.2 cm³/mol. The van der Waals surface area contributed by atoms with Crippen LogP contribution in [0.3, 0.4) is 0 Å². The predicted octanol–water partition coefficient (Wildman–Crippen LogP) is 0.495. The van der Waals surface area contributed by atoms with Gasteiger partial charge in [0, 0.05) is 6.07 Å². The molecule has 11 nitrogen and oxygen atoms in total. The van der Waals surface area contributed by atoms with E-state index in [0.29, 0.717) is 5.56 Å². The zero-order valence-electron chi connectivity index (χ0n) is 14.3. The summed E-state index contributed by atoms with van der Waals surface area (Å²) < 4.78 is 5.56. The molecule has 11 heteroatoms. The molecular formula is C16H14N6O5. The van der Waals surface area contributed by atoms with E-state index in [-0.39, 0.29) is 17.2 Å². The number of hydrogen-bond acceptors (Lipinski definition) is 8. The van der Waals surface area contributed by atoms with Gasteiger partial charge in [0.25, 0.3) is 11.7 Å². The molecule has 0 bridgehead atoms. The van der Waals surface area contributed by atoms with Crippen LogP contribution in [0.25, 0.3) is 5.78 Å². The van der Waals surface area contributed by atoms with Crippen molar-refractivity contribution in [3.05, 3.63) is 52.8 Å². The molecule has 0 spiro atoms. The van der Waals surface area contributed by atoms with Gasteiger partial charge in [-0.1, -0.05) is 17.2 Å². The van der Waals surface area contributed by atoms with Gasteiger partial charge in [0.2, 0.25) is 0 Å². The van der Waals surface area contributed by atoms with Gasteiger partial charge in [0.15, 0.2) is 5.69 Å². The van der Waals surface area contributed by atoms with Crippen LogP contribution in [0.1, 0.15) is 49.9 Å². The first-order valence-corrected chi connectivity index (χ1v) is 7.72. The number of benzene rings is 1. The maximum atomic E-state index is 12.5. The number of ether oxygens (including phenoxy) is 1. The Bertz CT molecular complexity index is 1030. The second kappa shape index (κ2) is 7.15. The van der Waals surface area contributed by atoms with Crippen molar-refractivity contribution in [3.8, 4) is 0 Å². The summed E-state index contributed by atoms with van der Waals surface area (Å²) in [5, 5.41) is 22.4. The van der Waals surface area contributed by atoms with Crippen molar-refractivity contribution in [3.63, 3.8) is 0 Å². The Kier molecular flexibility index (Phi) is 4.75. The Morgan fingerprint density at radius 3 is 2.56 bits per heavy atom. The minimum Gasteiger partial charge on any atom is -0.477 e. The van der Waals surface area contributed by atoms with Crippen LogP contribution in [0.2, 0.25) is 0 Å². The summed E-state index contributed by atoms with van der Waals surface area (Å²) in [7, 11) is 1.29. The van der Waals surface area contributed by atoms with Crippen molar-refractivity contribution in [2.45, 2.75) is 13.0 Å². The Morgan fingerprint density at radius 2 is 1.93 bits per heavy atom. The average Bonchev–Trinajstić information content (AvgIpc) is 3.15. The van der Waals surface area contributed by atoms with Gasteiger partial charge in [-0.2, -0.15) is 4.52 Å². The number of carbonyl (C=O) groups excluding carboxylic acids is 2. The number of hydrogen-bond donors (Lipinski definition) is 2. The Morgan fingerprint density at radius 1 is 1.22 bits per heavy atom. The van der Waals surface area contributed by atoms with Gasteiger partial charge in [-0.15, -0.1) is 0 Å². The van der Waals surface area contributed by atoms with E-state index in [4.69, 9.17) is 0 Å². The monoisotopic (exact) mass is 370 g/mol. The van der Waals surface area contributed by atoms with E-state index >= 15 is 0 Å². The number of rotatable bonds is 5. The molecule has 1 atom stereocenters. The number of nitrogens with zero attached hydrogens (tertiary/aromatic N) is 5.